The number of ether oxygens (including phenoxy) is 1. The lowest BCUT2D eigenvalue weighted by atomic mass is 10.2. The van der Waals surface area contributed by atoms with Crippen LogP contribution in [0.3, 0.4) is 0 Å². The molecule has 24 heavy (non-hydrogen) atoms. The minimum atomic E-state index is -0.713. The van der Waals surface area contributed by atoms with Crippen LogP contribution in [-0.4, -0.2) is 40.5 Å². The maximum atomic E-state index is 11.4. The van der Waals surface area contributed by atoms with Crippen molar-refractivity contribution in [2.45, 2.75) is 25.3 Å². The summed E-state index contributed by atoms with van der Waals surface area (Å²) in [5, 5.41) is 10.4. The van der Waals surface area contributed by atoms with Gasteiger partial charge in [0, 0.05) is 16.5 Å². The van der Waals surface area contributed by atoms with E-state index in [0.29, 0.717) is 6.61 Å². The highest BCUT2D eigenvalue weighted by Gasteiger charge is 2.30. The molecular weight excluding hydrogens is 328 g/mol. The van der Waals surface area contributed by atoms with Crippen LogP contribution in [0.25, 0.3) is 11.0 Å². The first-order valence-electron chi connectivity index (χ1n) is 7.66. The molecule has 1 aromatic carbocycles. The number of nitrogens with two attached hydrogens (primary N) is 1. The molecule has 1 aliphatic rings. The minimum absolute atomic E-state index is 0.0206. The number of primary amides is 1. The van der Waals surface area contributed by atoms with Crippen LogP contribution >= 0.6 is 11.8 Å². The number of aryl methyl sites for hydroxylation is 1. The van der Waals surface area contributed by atoms with Crippen molar-refractivity contribution < 1.29 is 19.1 Å². The zero-order valence-corrected chi connectivity index (χ0v) is 14.4. The number of carbonyl (C=O) groups excluding carboxylic acids is 1. The van der Waals surface area contributed by atoms with E-state index in [2.05, 4.69) is 0 Å². The van der Waals surface area contributed by atoms with E-state index in [0.717, 1.165) is 27.4 Å². The van der Waals surface area contributed by atoms with Crippen molar-refractivity contribution in [3.05, 3.63) is 41.1 Å². The summed E-state index contributed by atoms with van der Waals surface area (Å²) in [5.74, 6) is 1.08. The Bertz CT molecular complexity index is 786. The molecule has 3 N–H and O–H groups in total. The van der Waals surface area contributed by atoms with Crippen LogP contribution in [-0.2, 0) is 4.79 Å². The maximum absolute atomic E-state index is 11.4. The fourth-order valence-corrected chi connectivity index (χ4v) is 3.80. The van der Waals surface area contributed by atoms with Gasteiger partial charge in [0.2, 0.25) is 5.91 Å². The van der Waals surface area contributed by atoms with Crippen LogP contribution in [0.2, 0.25) is 0 Å². The van der Waals surface area contributed by atoms with Gasteiger partial charge in [-0.3, -0.25) is 4.79 Å². The monoisotopic (exact) mass is 348 g/mol. The molecule has 6 nitrogen and oxygen atoms in total. The van der Waals surface area contributed by atoms with Gasteiger partial charge in [-0.2, -0.15) is 0 Å². The predicted octanol–water partition coefficient (Wildman–Crippen LogP) is 2.20. The molecule has 0 radical (unpaired) electrons. The molecule has 2 heterocycles. The first kappa shape index (κ1) is 16.7. The molecule has 0 saturated carbocycles. The third-order valence-corrected chi connectivity index (χ3v) is 5.00. The molecule has 2 aromatic rings. The lowest BCUT2D eigenvalue weighted by Crippen LogP contribution is -2.46. The Kier molecular flexibility index (Phi) is 4.73. The number of hydrogen-bond acceptors (Lipinski definition) is 6. The largest absolute Gasteiger partial charge is 0.488 e. The van der Waals surface area contributed by atoms with Crippen LogP contribution in [0.5, 0.6) is 5.75 Å². The van der Waals surface area contributed by atoms with E-state index in [-0.39, 0.29) is 12.0 Å². The van der Waals surface area contributed by atoms with Gasteiger partial charge >= 0.3 is 0 Å². The summed E-state index contributed by atoms with van der Waals surface area (Å²) in [6, 6.07) is 6.95. The molecule has 0 aliphatic carbocycles. The Morgan fingerprint density at radius 2 is 2.29 bits per heavy atom. The Labute approximate surface area is 144 Å². The van der Waals surface area contributed by atoms with E-state index in [1.807, 2.05) is 44.3 Å². The highest BCUT2D eigenvalue weighted by atomic mass is 32.2. The second kappa shape index (κ2) is 6.78. The van der Waals surface area contributed by atoms with E-state index in [1.54, 1.807) is 16.7 Å². The van der Waals surface area contributed by atoms with Crippen LogP contribution in [0, 0.1) is 6.92 Å². The number of nitrogens with zero attached hydrogens (tertiary/aromatic N) is 1. The number of amides is 1. The molecule has 0 bridgehead atoms. The molecule has 0 fully saturated rings. The number of furan rings is 1. The number of aliphatic hydroxyl groups excluding tert-OH is 1. The maximum Gasteiger partial charge on any atom is 0.242 e. The average Bonchev–Trinajstić information content (AvgIpc) is 3.07. The average molecular weight is 348 g/mol. The van der Waals surface area contributed by atoms with E-state index < -0.39 is 11.9 Å². The van der Waals surface area contributed by atoms with E-state index in [4.69, 9.17) is 14.9 Å². The number of fused-ring (bicyclic) bond motifs is 1. The number of hydrogen-bond donors (Lipinski definition) is 2. The Morgan fingerprint density at radius 1 is 1.50 bits per heavy atom. The van der Waals surface area contributed by atoms with Gasteiger partial charge in [-0.15, -0.1) is 11.8 Å². The highest BCUT2D eigenvalue weighted by molar-refractivity contribution is 8.03. The summed E-state index contributed by atoms with van der Waals surface area (Å²) in [5.41, 5.74) is 6.17. The molecule has 1 amide bonds. The zero-order chi connectivity index (χ0) is 17.3. The van der Waals surface area contributed by atoms with Gasteiger partial charge in [0.1, 0.15) is 29.7 Å². The predicted molar refractivity (Wildman–Crippen MR) is 93.5 cm³/mol. The summed E-state index contributed by atoms with van der Waals surface area (Å²) < 4.78 is 11.4. The summed E-state index contributed by atoms with van der Waals surface area (Å²) in [7, 11) is 0. The van der Waals surface area contributed by atoms with Gasteiger partial charge in [0.05, 0.1) is 12.0 Å². The second-order valence-electron chi connectivity index (χ2n) is 5.71. The zero-order valence-electron chi connectivity index (χ0n) is 13.6. The molecule has 3 rings (SSSR count). The van der Waals surface area contributed by atoms with E-state index >= 15 is 0 Å². The molecule has 7 heteroatoms. The molecule has 0 saturated heterocycles. The number of rotatable bonds is 6. The van der Waals surface area contributed by atoms with E-state index in [9.17, 15) is 9.90 Å². The number of thioether (sulfide) groups is 1. The van der Waals surface area contributed by atoms with Crippen molar-refractivity contribution in [1.82, 2.24) is 4.90 Å². The molecule has 1 aromatic heterocycles. The topological polar surface area (TPSA) is 88.9 Å². The van der Waals surface area contributed by atoms with Crippen LogP contribution in [0.1, 0.15) is 12.7 Å². The first-order valence-corrected chi connectivity index (χ1v) is 8.54. The second-order valence-corrected chi connectivity index (χ2v) is 7.15. The van der Waals surface area contributed by atoms with Crippen LogP contribution in [0.15, 0.2) is 39.8 Å². The normalized spacial score (nSPS) is 18.7. The SMILES string of the molecule is Cc1cc2cc(OCC3=CN(C(CO)C(N)=O)[C@H](C)S3)ccc2o1. The van der Waals surface area contributed by atoms with Gasteiger partial charge in [0.25, 0.3) is 0 Å². The van der Waals surface area contributed by atoms with Gasteiger partial charge in [-0.25, -0.2) is 0 Å². The molecule has 2 atom stereocenters. The molecular formula is C17H20N2O4S. The third-order valence-electron chi connectivity index (χ3n) is 3.89. The van der Waals surface area contributed by atoms with Gasteiger partial charge in [0.15, 0.2) is 0 Å². The van der Waals surface area contributed by atoms with Crippen LogP contribution in [0.4, 0.5) is 0 Å². The van der Waals surface area contributed by atoms with Gasteiger partial charge in [-0.1, -0.05) is 0 Å². The quantitative estimate of drug-likeness (QED) is 0.832. The molecule has 1 aliphatic heterocycles. The van der Waals surface area contributed by atoms with Crippen molar-refractivity contribution in [3.8, 4) is 5.75 Å². The van der Waals surface area contributed by atoms with Crippen molar-refractivity contribution in [3.63, 3.8) is 0 Å². The van der Waals surface area contributed by atoms with Crippen LogP contribution < -0.4 is 10.5 Å². The van der Waals surface area contributed by atoms with Gasteiger partial charge < -0.3 is 24.9 Å². The summed E-state index contributed by atoms with van der Waals surface area (Å²) in [4.78, 5) is 14.2. The fraction of sp³-hybridized carbons (Fsp3) is 0.353. The third kappa shape index (κ3) is 3.37. The summed E-state index contributed by atoms with van der Waals surface area (Å²) >= 11 is 1.59. The highest BCUT2D eigenvalue weighted by Crippen LogP contribution is 2.34. The fourth-order valence-electron chi connectivity index (χ4n) is 2.73. The van der Waals surface area contributed by atoms with Crippen molar-refractivity contribution in [1.29, 1.82) is 0 Å². The minimum Gasteiger partial charge on any atom is -0.488 e. The smallest absolute Gasteiger partial charge is 0.242 e. The number of aliphatic hydroxyl groups is 1. The Morgan fingerprint density at radius 3 is 3.00 bits per heavy atom. The van der Waals surface area contributed by atoms with Crippen molar-refractivity contribution in [2.75, 3.05) is 13.2 Å². The summed E-state index contributed by atoms with van der Waals surface area (Å²) in [6.45, 7) is 3.96. The molecule has 1 unspecified atom stereocenters. The Balaban J connectivity index is 1.68. The molecule has 0 spiro atoms. The number of benzene rings is 1. The molecule has 128 valence electrons. The standard InChI is InChI=1S/C17H20N2O4S/c1-10-5-12-6-13(3-4-16(12)23-10)22-9-14-7-19(11(2)24-14)15(8-20)17(18)21/h3-7,11,15,20H,8-9H2,1-2H3,(H2,18,21)/t11-,15?/m0/s1. The van der Waals surface area contributed by atoms with Crippen molar-refractivity contribution in [2.24, 2.45) is 5.73 Å². The Hall–Kier alpha value is -2.12. The lowest BCUT2D eigenvalue weighted by Gasteiger charge is -2.27. The van der Waals surface area contributed by atoms with Gasteiger partial charge in [-0.05, 0) is 38.1 Å². The van der Waals surface area contributed by atoms with E-state index in [1.165, 1.54) is 0 Å². The lowest BCUT2D eigenvalue weighted by molar-refractivity contribution is -0.123. The number of carbonyl (C=O) groups is 1. The summed E-state index contributed by atoms with van der Waals surface area (Å²) in [6.07, 6.45) is 1.83. The van der Waals surface area contributed by atoms with Crippen molar-refractivity contribution >= 4 is 28.6 Å². The first-order chi connectivity index (χ1) is 11.5.